The van der Waals surface area contributed by atoms with Crippen molar-refractivity contribution in [1.82, 2.24) is 4.31 Å². The average Bonchev–Trinajstić information content (AvgIpc) is 2.73. The molecule has 3 N–H and O–H groups in total. The van der Waals surface area contributed by atoms with E-state index in [9.17, 15) is 18.3 Å². The number of hydrogen-bond donors (Lipinski definition) is 2. The Morgan fingerprint density at radius 1 is 1.06 bits per heavy atom. The first-order chi connectivity index (χ1) is 14.6. The molecule has 0 unspecified atom stereocenters. The van der Waals surface area contributed by atoms with E-state index in [1.807, 2.05) is 44.2 Å². The number of amides is 1. The highest BCUT2D eigenvalue weighted by atomic mass is 32.2. The van der Waals surface area contributed by atoms with E-state index in [0.29, 0.717) is 5.75 Å². The fourth-order valence-corrected chi connectivity index (χ4v) is 4.77. The first-order valence-electron chi connectivity index (χ1n) is 9.95. The molecule has 2 aromatic rings. The van der Waals surface area contributed by atoms with Crippen LogP contribution in [0, 0.1) is 5.92 Å². The second-order valence-corrected chi connectivity index (χ2v) is 9.56. The molecule has 0 aliphatic heterocycles. The summed E-state index contributed by atoms with van der Waals surface area (Å²) in [7, 11) is -2.41. The molecule has 0 aromatic heterocycles. The molecule has 0 saturated heterocycles. The summed E-state index contributed by atoms with van der Waals surface area (Å²) in [6, 6.07) is 15.2. The Hall–Kier alpha value is -2.62. The first-order valence-corrected chi connectivity index (χ1v) is 11.4. The monoisotopic (exact) mass is 450 g/mol. The maximum Gasteiger partial charge on any atom is 0.404 e. The molecule has 170 valence electrons. The molecule has 9 heteroatoms. The molecule has 2 aromatic carbocycles. The van der Waals surface area contributed by atoms with Crippen molar-refractivity contribution in [2.45, 2.75) is 37.4 Å². The molecular weight excluding hydrogens is 420 g/mol. The zero-order valence-corrected chi connectivity index (χ0v) is 18.8. The van der Waals surface area contributed by atoms with E-state index in [4.69, 9.17) is 15.2 Å². The van der Waals surface area contributed by atoms with Crippen molar-refractivity contribution in [3.05, 3.63) is 60.2 Å². The lowest BCUT2D eigenvalue weighted by atomic mass is 10.0. The van der Waals surface area contributed by atoms with Crippen molar-refractivity contribution in [2.24, 2.45) is 11.7 Å². The third-order valence-electron chi connectivity index (χ3n) is 4.63. The summed E-state index contributed by atoms with van der Waals surface area (Å²) in [5, 5.41) is 10.8. The van der Waals surface area contributed by atoms with E-state index in [2.05, 4.69) is 0 Å². The largest absolute Gasteiger partial charge is 0.497 e. The molecule has 1 amide bonds. The van der Waals surface area contributed by atoms with E-state index in [-0.39, 0.29) is 30.3 Å². The van der Waals surface area contributed by atoms with Gasteiger partial charge in [0.15, 0.2) is 0 Å². The van der Waals surface area contributed by atoms with Gasteiger partial charge in [-0.05, 0) is 35.7 Å². The molecule has 31 heavy (non-hydrogen) atoms. The van der Waals surface area contributed by atoms with Crippen LogP contribution >= 0.6 is 0 Å². The Labute approximate surface area is 183 Å². The van der Waals surface area contributed by atoms with Gasteiger partial charge in [-0.15, -0.1) is 0 Å². The second-order valence-electron chi connectivity index (χ2n) is 7.62. The summed E-state index contributed by atoms with van der Waals surface area (Å²) in [6.45, 7) is 3.69. The van der Waals surface area contributed by atoms with E-state index in [0.717, 1.165) is 5.56 Å². The van der Waals surface area contributed by atoms with Gasteiger partial charge in [0.25, 0.3) is 0 Å². The number of carbonyl (C=O) groups excluding carboxylic acids is 1. The summed E-state index contributed by atoms with van der Waals surface area (Å²) in [6.07, 6.45) is -3.11. The number of methoxy groups -OCH3 is 1. The minimum Gasteiger partial charge on any atom is -0.497 e. The third-order valence-corrected chi connectivity index (χ3v) is 6.48. The van der Waals surface area contributed by atoms with Crippen LogP contribution in [0.25, 0.3) is 0 Å². The molecule has 2 rings (SSSR count). The first kappa shape index (κ1) is 24.6. The van der Waals surface area contributed by atoms with Crippen LogP contribution in [-0.4, -0.2) is 56.3 Å². The molecule has 0 radical (unpaired) electrons. The summed E-state index contributed by atoms with van der Waals surface area (Å²) in [5.74, 6) is 0.539. The lowest BCUT2D eigenvalue weighted by Crippen LogP contribution is -2.46. The van der Waals surface area contributed by atoms with Crippen molar-refractivity contribution in [3.8, 4) is 5.75 Å². The number of nitrogens with zero attached hydrogens (tertiary/aromatic N) is 1. The van der Waals surface area contributed by atoms with Gasteiger partial charge in [-0.25, -0.2) is 13.2 Å². The standard InChI is InChI=1S/C22H30N2O6S/c1-16(2)14-24(31(27,28)19-11-9-18(29-3)10-12-19)15-20(25)21(30-22(23)26)13-17-7-5-4-6-8-17/h4-12,16,20-21,25H,13-15H2,1-3H3,(H2,23,26)/t20-,21+/m1/s1. The fraction of sp³-hybridized carbons (Fsp3) is 0.409. The summed E-state index contributed by atoms with van der Waals surface area (Å²) in [5.41, 5.74) is 6.01. The minimum absolute atomic E-state index is 0.00450. The Bertz CT molecular complexity index is 932. The molecule has 0 fully saturated rings. The maximum atomic E-state index is 13.2. The van der Waals surface area contributed by atoms with Gasteiger partial charge < -0.3 is 20.3 Å². The fourth-order valence-electron chi connectivity index (χ4n) is 3.15. The zero-order chi connectivity index (χ0) is 23.0. The quantitative estimate of drug-likeness (QED) is 0.543. The van der Waals surface area contributed by atoms with Crippen LogP contribution in [-0.2, 0) is 21.2 Å². The average molecular weight is 451 g/mol. The molecule has 8 nitrogen and oxygen atoms in total. The Balaban J connectivity index is 2.27. The Kier molecular flexibility index (Phi) is 8.85. The lowest BCUT2D eigenvalue weighted by molar-refractivity contribution is -0.00189. The van der Waals surface area contributed by atoms with Gasteiger partial charge in [-0.3, -0.25) is 0 Å². The van der Waals surface area contributed by atoms with Gasteiger partial charge >= 0.3 is 6.09 Å². The SMILES string of the molecule is COc1ccc(S(=O)(=O)N(CC(C)C)C[C@@H](O)[C@H](Cc2ccccc2)OC(N)=O)cc1. The number of primary amides is 1. The predicted octanol–water partition coefficient (Wildman–Crippen LogP) is 2.41. The number of ether oxygens (including phenoxy) is 2. The van der Waals surface area contributed by atoms with Crippen LogP contribution in [0.4, 0.5) is 4.79 Å². The highest BCUT2D eigenvalue weighted by Gasteiger charge is 2.32. The number of sulfonamides is 1. The Morgan fingerprint density at radius 2 is 1.68 bits per heavy atom. The summed E-state index contributed by atoms with van der Waals surface area (Å²) in [4.78, 5) is 11.5. The van der Waals surface area contributed by atoms with E-state index in [1.165, 1.54) is 23.5 Å². The molecule has 0 heterocycles. The highest BCUT2D eigenvalue weighted by Crippen LogP contribution is 2.22. The minimum atomic E-state index is -3.90. The van der Waals surface area contributed by atoms with Crippen molar-refractivity contribution in [1.29, 1.82) is 0 Å². The molecule has 0 aliphatic rings. The van der Waals surface area contributed by atoms with E-state index in [1.54, 1.807) is 12.1 Å². The Morgan fingerprint density at radius 3 is 2.19 bits per heavy atom. The number of aliphatic hydroxyl groups excluding tert-OH is 1. The topological polar surface area (TPSA) is 119 Å². The van der Waals surface area contributed by atoms with Crippen molar-refractivity contribution in [3.63, 3.8) is 0 Å². The van der Waals surface area contributed by atoms with Crippen molar-refractivity contribution >= 4 is 16.1 Å². The number of benzene rings is 2. The highest BCUT2D eigenvalue weighted by molar-refractivity contribution is 7.89. The van der Waals surface area contributed by atoms with Gasteiger partial charge in [0, 0.05) is 19.5 Å². The van der Waals surface area contributed by atoms with Crippen LogP contribution in [0.3, 0.4) is 0 Å². The molecular formula is C22H30N2O6S. The number of nitrogens with two attached hydrogens (primary N) is 1. The van der Waals surface area contributed by atoms with Gasteiger partial charge in [0.05, 0.1) is 12.0 Å². The lowest BCUT2D eigenvalue weighted by Gasteiger charge is -2.29. The number of hydrogen-bond acceptors (Lipinski definition) is 6. The molecule has 0 bridgehead atoms. The van der Waals surface area contributed by atoms with E-state index < -0.39 is 28.3 Å². The van der Waals surface area contributed by atoms with Crippen molar-refractivity contribution < 1.29 is 27.8 Å². The maximum absolute atomic E-state index is 13.2. The molecule has 0 saturated carbocycles. The van der Waals surface area contributed by atoms with Crippen LogP contribution in [0.5, 0.6) is 5.75 Å². The number of carbonyl (C=O) groups is 1. The molecule has 2 atom stereocenters. The number of rotatable bonds is 11. The van der Waals surface area contributed by atoms with Crippen LogP contribution in [0.15, 0.2) is 59.5 Å². The smallest absolute Gasteiger partial charge is 0.404 e. The number of aliphatic hydroxyl groups is 1. The van der Waals surface area contributed by atoms with Crippen molar-refractivity contribution in [2.75, 3.05) is 20.2 Å². The summed E-state index contributed by atoms with van der Waals surface area (Å²) >= 11 is 0. The van der Waals surface area contributed by atoms with Crippen LogP contribution in [0.2, 0.25) is 0 Å². The van der Waals surface area contributed by atoms with Gasteiger partial charge in [0.2, 0.25) is 10.0 Å². The normalized spacial score (nSPS) is 13.7. The molecule has 0 spiro atoms. The molecule has 0 aliphatic carbocycles. The zero-order valence-electron chi connectivity index (χ0n) is 18.0. The third kappa shape index (κ3) is 7.23. The van der Waals surface area contributed by atoms with Gasteiger partial charge in [0.1, 0.15) is 18.0 Å². The van der Waals surface area contributed by atoms with Crippen LogP contribution < -0.4 is 10.5 Å². The predicted molar refractivity (Wildman–Crippen MR) is 117 cm³/mol. The van der Waals surface area contributed by atoms with Gasteiger partial charge in [-0.2, -0.15) is 4.31 Å². The second kappa shape index (κ2) is 11.1. The summed E-state index contributed by atoms with van der Waals surface area (Å²) < 4.78 is 37.9. The van der Waals surface area contributed by atoms with Crippen LogP contribution in [0.1, 0.15) is 19.4 Å². The van der Waals surface area contributed by atoms with E-state index >= 15 is 0 Å². The van der Waals surface area contributed by atoms with Gasteiger partial charge in [-0.1, -0.05) is 44.2 Å².